The molecule has 32 heavy (non-hydrogen) atoms. The number of ether oxygens (including phenoxy) is 1. The molecule has 0 spiro atoms. The molecule has 0 saturated heterocycles. The molecule has 0 atom stereocenters. The molecule has 3 aromatic rings. The molecule has 1 aliphatic rings. The molecule has 0 saturated carbocycles. The monoisotopic (exact) mass is 471 g/mol. The van der Waals surface area contributed by atoms with E-state index < -0.39 is 0 Å². The zero-order valence-corrected chi connectivity index (χ0v) is 20.6. The Kier molecular flexibility index (Phi) is 6.62. The lowest BCUT2D eigenvalue weighted by Crippen LogP contribution is -2.43. The Hall–Kier alpha value is -2.32. The molecule has 2 heterocycles. The maximum Gasteiger partial charge on any atom is 0.267 e. The third kappa shape index (κ3) is 4.57. The molecule has 0 unspecified atom stereocenters. The summed E-state index contributed by atoms with van der Waals surface area (Å²) in [7, 11) is 1.62. The molecule has 8 heteroatoms. The van der Waals surface area contributed by atoms with Crippen LogP contribution < -0.4 is 15.6 Å². The van der Waals surface area contributed by atoms with Gasteiger partial charge in [0, 0.05) is 10.4 Å². The van der Waals surface area contributed by atoms with Crippen molar-refractivity contribution in [2.24, 2.45) is 0 Å². The maximum absolute atomic E-state index is 13.7. The van der Waals surface area contributed by atoms with Crippen LogP contribution in [0, 0.1) is 0 Å². The van der Waals surface area contributed by atoms with Crippen LogP contribution in [-0.2, 0) is 17.6 Å². The van der Waals surface area contributed by atoms with Crippen LogP contribution in [0.5, 0.6) is 5.75 Å². The second-order valence-electron chi connectivity index (χ2n) is 8.70. The zero-order chi connectivity index (χ0) is 22.9. The number of hydrogen-bond acceptors (Lipinski definition) is 6. The van der Waals surface area contributed by atoms with Crippen LogP contribution in [0.3, 0.4) is 0 Å². The van der Waals surface area contributed by atoms with Crippen LogP contribution in [0.25, 0.3) is 15.9 Å². The quantitative estimate of drug-likeness (QED) is 0.398. The third-order valence-electron chi connectivity index (χ3n) is 5.98. The number of carbonyl (C=O) groups is 1. The van der Waals surface area contributed by atoms with Gasteiger partial charge in [-0.1, -0.05) is 18.7 Å². The summed E-state index contributed by atoms with van der Waals surface area (Å²) in [6, 6.07) is 7.38. The Bertz CT molecular complexity index is 1200. The van der Waals surface area contributed by atoms with Gasteiger partial charge >= 0.3 is 0 Å². The van der Waals surface area contributed by atoms with E-state index in [1.807, 2.05) is 45.0 Å². The minimum absolute atomic E-state index is 0.0589. The molecular weight excluding hydrogens is 442 g/mol. The summed E-state index contributed by atoms with van der Waals surface area (Å²) in [5, 5.41) is 4.33. The Morgan fingerprint density at radius 3 is 2.66 bits per heavy atom. The van der Waals surface area contributed by atoms with Crippen LogP contribution in [0.15, 0.2) is 34.2 Å². The van der Waals surface area contributed by atoms with Gasteiger partial charge in [0.1, 0.15) is 10.6 Å². The molecular formula is C24H29N3O3S2. The van der Waals surface area contributed by atoms with E-state index in [9.17, 15) is 9.59 Å². The van der Waals surface area contributed by atoms with E-state index in [-0.39, 0.29) is 22.8 Å². The summed E-state index contributed by atoms with van der Waals surface area (Å²) in [5.41, 5.74) is 1.56. The Morgan fingerprint density at radius 2 is 1.97 bits per heavy atom. The first-order chi connectivity index (χ1) is 15.3. The molecule has 1 amide bonds. The highest BCUT2D eigenvalue weighted by atomic mass is 32.2. The topological polar surface area (TPSA) is 73.2 Å². The Labute approximate surface area is 196 Å². The summed E-state index contributed by atoms with van der Waals surface area (Å²) < 4.78 is 6.92. The molecule has 4 rings (SSSR count). The summed E-state index contributed by atoms with van der Waals surface area (Å²) in [6.07, 6.45) is 5.03. The number of fused-ring (bicyclic) bond motifs is 3. The van der Waals surface area contributed by atoms with Crippen molar-refractivity contribution in [2.45, 2.75) is 63.6 Å². The van der Waals surface area contributed by atoms with Gasteiger partial charge in [0.05, 0.1) is 23.9 Å². The van der Waals surface area contributed by atoms with Gasteiger partial charge < -0.3 is 10.1 Å². The average Bonchev–Trinajstić information content (AvgIpc) is 3.16. The number of benzene rings is 1. The van der Waals surface area contributed by atoms with Crippen molar-refractivity contribution in [1.82, 2.24) is 14.9 Å². The number of aromatic nitrogens is 2. The van der Waals surface area contributed by atoms with E-state index in [1.165, 1.54) is 16.6 Å². The predicted molar refractivity (Wildman–Crippen MR) is 132 cm³/mol. The van der Waals surface area contributed by atoms with E-state index in [0.717, 1.165) is 59.3 Å². The highest BCUT2D eigenvalue weighted by Gasteiger charge is 2.24. The van der Waals surface area contributed by atoms with Gasteiger partial charge in [-0.2, -0.15) is 0 Å². The van der Waals surface area contributed by atoms with Crippen molar-refractivity contribution in [3.05, 3.63) is 45.1 Å². The Balaban J connectivity index is 1.77. The second kappa shape index (κ2) is 9.27. The SMILES string of the molecule is CCC(C)(C)NC(=O)CSc1nc2sc3c(c2c(=O)n1-c1ccc(OC)cc1)CCCC3. The number of rotatable bonds is 7. The van der Waals surface area contributed by atoms with Crippen molar-refractivity contribution in [2.75, 3.05) is 12.9 Å². The number of amides is 1. The number of nitrogens with one attached hydrogen (secondary N) is 1. The number of thioether (sulfide) groups is 1. The van der Waals surface area contributed by atoms with Crippen molar-refractivity contribution in [3.63, 3.8) is 0 Å². The van der Waals surface area contributed by atoms with Crippen molar-refractivity contribution in [1.29, 1.82) is 0 Å². The van der Waals surface area contributed by atoms with Crippen LogP contribution in [-0.4, -0.2) is 33.9 Å². The maximum atomic E-state index is 13.7. The fourth-order valence-corrected chi connectivity index (χ4v) is 5.99. The van der Waals surface area contributed by atoms with Gasteiger partial charge in [0.25, 0.3) is 5.56 Å². The first kappa shape index (κ1) is 22.9. The summed E-state index contributed by atoms with van der Waals surface area (Å²) in [4.78, 5) is 33.3. The van der Waals surface area contributed by atoms with Gasteiger partial charge in [-0.15, -0.1) is 11.3 Å². The molecule has 0 fully saturated rings. The van der Waals surface area contributed by atoms with Gasteiger partial charge in [-0.05, 0) is 75.8 Å². The summed E-state index contributed by atoms with van der Waals surface area (Å²) in [6.45, 7) is 6.05. The molecule has 170 valence electrons. The number of carbonyl (C=O) groups excluding carboxylic acids is 1. The van der Waals surface area contributed by atoms with Crippen LogP contribution in [0.2, 0.25) is 0 Å². The standard InChI is InChI=1S/C24H29N3O3S2/c1-5-24(2,3)26-19(28)14-31-23-25-21-20(17-8-6-7-9-18(17)32-21)22(29)27(23)15-10-12-16(30-4)13-11-15/h10-13H,5-9,14H2,1-4H3,(H,26,28). The highest BCUT2D eigenvalue weighted by Crippen LogP contribution is 2.35. The van der Waals surface area contributed by atoms with E-state index in [4.69, 9.17) is 9.72 Å². The first-order valence-corrected chi connectivity index (χ1v) is 12.8. The van der Waals surface area contributed by atoms with E-state index in [1.54, 1.807) is 23.0 Å². The third-order valence-corrected chi connectivity index (χ3v) is 8.11. The number of thiophene rings is 1. The molecule has 1 aromatic carbocycles. The smallest absolute Gasteiger partial charge is 0.267 e. The Morgan fingerprint density at radius 1 is 1.25 bits per heavy atom. The van der Waals surface area contributed by atoms with Crippen LogP contribution in [0.4, 0.5) is 0 Å². The van der Waals surface area contributed by atoms with Crippen molar-refractivity contribution in [3.8, 4) is 11.4 Å². The fraction of sp³-hybridized carbons (Fsp3) is 0.458. The lowest BCUT2D eigenvalue weighted by atomic mass is 9.97. The number of aryl methyl sites for hydroxylation is 2. The normalized spacial score (nSPS) is 13.8. The molecule has 0 aliphatic heterocycles. The lowest BCUT2D eigenvalue weighted by Gasteiger charge is -2.24. The van der Waals surface area contributed by atoms with Gasteiger partial charge in [0.2, 0.25) is 5.91 Å². The summed E-state index contributed by atoms with van der Waals surface area (Å²) >= 11 is 2.93. The second-order valence-corrected chi connectivity index (χ2v) is 10.7. The molecule has 1 aliphatic carbocycles. The number of methoxy groups -OCH3 is 1. The van der Waals surface area contributed by atoms with E-state index in [2.05, 4.69) is 5.32 Å². The van der Waals surface area contributed by atoms with E-state index >= 15 is 0 Å². The molecule has 6 nitrogen and oxygen atoms in total. The minimum atomic E-state index is -0.266. The van der Waals surface area contributed by atoms with Crippen molar-refractivity contribution < 1.29 is 9.53 Å². The van der Waals surface area contributed by atoms with Gasteiger partial charge in [0.15, 0.2) is 5.16 Å². The van der Waals surface area contributed by atoms with Crippen LogP contribution >= 0.6 is 23.1 Å². The highest BCUT2D eigenvalue weighted by molar-refractivity contribution is 7.99. The fourth-order valence-electron chi connectivity index (χ4n) is 3.87. The minimum Gasteiger partial charge on any atom is -0.497 e. The average molecular weight is 472 g/mol. The van der Waals surface area contributed by atoms with E-state index in [0.29, 0.717) is 5.16 Å². The van der Waals surface area contributed by atoms with Crippen LogP contribution in [0.1, 0.15) is 50.5 Å². The molecule has 0 radical (unpaired) electrons. The lowest BCUT2D eigenvalue weighted by molar-refractivity contribution is -0.120. The predicted octanol–water partition coefficient (Wildman–Crippen LogP) is 4.73. The number of nitrogens with zero attached hydrogens (tertiary/aromatic N) is 2. The summed E-state index contributed by atoms with van der Waals surface area (Å²) in [5.74, 6) is 0.852. The zero-order valence-electron chi connectivity index (χ0n) is 19.0. The van der Waals surface area contributed by atoms with Gasteiger partial charge in [-0.25, -0.2) is 4.98 Å². The number of hydrogen-bond donors (Lipinski definition) is 1. The van der Waals surface area contributed by atoms with Gasteiger partial charge in [-0.3, -0.25) is 14.2 Å². The largest absolute Gasteiger partial charge is 0.497 e. The molecule has 2 aromatic heterocycles. The molecule has 0 bridgehead atoms. The molecule has 1 N–H and O–H groups in total. The first-order valence-electron chi connectivity index (χ1n) is 11.0. The van der Waals surface area contributed by atoms with Crippen molar-refractivity contribution >= 4 is 39.2 Å².